The fraction of sp³-hybridized carbons (Fsp3) is 0.100. The predicted octanol–water partition coefficient (Wildman–Crippen LogP) is 4.41. The molecule has 0 spiro atoms. The summed E-state index contributed by atoms with van der Waals surface area (Å²) in [5.74, 6) is -2.48. The summed E-state index contributed by atoms with van der Waals surface area (Å²) in [5.41, 5.74) is 1.60. The van der Waals surface area contributed by atoms with E-state index in [4.69, 9.17) is 0 Å². The lowest BCUT2D eigenvalue weighted by molar-refractivity contribution is 0.102. The second-order valence-corrected chi connectivity index (χ2v) is 5.81. The summed E-state index contributed by atoms with van der Waals surface area (Å²) in [5, 5.41) is 5.51. The molecule has 1 heterocycles. The van der Waals surface area contributed by atoms with Crippen LogP contribution in [-0.4, -0.2) is 17.4 Å². The molecule has 0 aliphatic carbocycles. The van der Waals surface area contributed by atoms with Crippen molar-refractivity contribution in [2.45, 2.75) is 6.42 Å². The first-order chi connectivity index (χ1) is 13.0. The molecular weight excluding hydrogens is 355 g/mol. The summed E-state index contributed by atoms with van der Waals surface area (Å²) in [7, 11) is 0. The first kappa shape index (κ1) is 18.4. The van der Waals surface area contributed by atoms with E-state index >= 15 is 0 Å². The number of nitrogens with zero attached hydrogens (tertiary/aromatic N) is 1. The fourth-order valence-electron chi connectivity index (χ4n) is 2.44. The number of aromatic nitrogens is 1. The van der Waals surface area contributed by atoms with E-state index in [9.17, 15) is 18.0 Å². The summed E-state index contributed by atoms with van der Waals surface area (Å²) in [6.07, 6.45) is 2.13. The van der Waals surface area contributed by atoms with Gasteiger partial charge in [-0.25, -0.2) is 13.2 Å². The van der Waals surface area contributed by atoms with Crippen molar-refractivity contribution in [3.8, 4) is 0 Å². The van der Waals surface area contributed by atoms with Crippen LogP contribution >= 0.6 is 0 Å². The second-order valence-electron chi connectivity index (χ2n) is 5.81. The first-order valence-corrected chi connectivity index (χ1v) is 8.22. The van der Waals surface area contributed by atoms with E-state index in [0.717, 1.165) is 17.7 Å². The molecule has 0 fully saturated rings. The quantitative estimate of drug-likeness (QED) is 0.675. The smallest absolute Gasteiger partial charge is 0.274 e. The van der Waals surface area contributed by atoms with E-state index < -0.39 is 17.5 Å². The minimum atomic E-state index is -0.864. The Hall–Kier alpha value is -3.35. The Morgan fingerprint density at radius 1 is 0.926 bits per heavy atom. The Kier molecular flexibility index (Phi) is 5.71. The summed E-state index contributed by atoms with van der Waals surface area (Å²) in [4.78, 5) is 16.2. The van der Waals surface area contributed by atoms with Gasteiger partial charge in [-0.15, -0.1) is 0 Å². The van der Waals surface area contributed by atoms with Gasteiger partial charge in [-0.3, -0.25) is 9.78 Å². The number of halogens is 3. The van der Waals surface area contributed by atoms with Crippen LogP contribution in [0.3, 0.4) is 0 Å². The van der Waals surface area contributed by atoms with Crippen molar-refractivity contribution in [1.29, 1.82) is 0 Å². The van der Waals surface area contributed by atoms with Crippen LogP contribution in [0.1, 0.15) is 16.1 Å². The molecule has 0 radical (unpaired) electrons. The molecule has 0 saturated heterocycles. The van der Waals surface area contributed by atoms with E-state index in [2.05, 4.69) is 15.6 Å². The van der Waals surface area contributed by atoms with Crippen LogP contribution in [0.15, 0.2) is 60.8 Å². The molecule has 3 rings (SSSR count). The Labute approximate surface area is 154 Å². The molecule has 1 aromatic heterocycles. The van der Waals surface area contributed by atoms with E-state index in [1.54, 1.807) is 18.2 Å². The van der Waals surface area contributed by atoms with Gasteiger partial charge in [0.15, 0.2) is 0 Å². The van der Waals surface area contributed by atoms with Gasteiger partial charge in [0.25, 0.3) is 5.91 Å². The van der Waals surface area contributed by atoms with Crippen LogP contribution in [0, 0.1) is 17.5 Å². The molecule has 138 valence electrons. The monoisotopic (exact) mass is 371 g/mol. The SMILES string of the molecule is O=C(Nc1ccc(F)cc1F)c1cc(NCCc2ccc(F)cc2)ccn1. The van der Waals surface area contributed by atoms with Gasteiger partial charge in [-0.1, -0.05) is 12.1 Å². The minimum absolute atomic E-state index is 0.0884. The average Bonchev–Trinajstić information content (AvgIpc) is 2.66. The molecule has 27 heavy (non-hydrogen) atoms. The van der Waals surface area contributed by atoms with E-state index in [1.807, 2.05) is 0 Å². The van der Waals surface area contributed by atoms with Gasteiger partial charge in [-0.05, 0) is 48.4 Å². The van der Waals surface area contributed by atoms with Crippen molar-refractivity contribution < 1.29 is 18.0 Å². The van der Waals surface area contributed by atoms with Crippen molar-refractivity contribution in [1.82, 2.24) is 4.98 Å². The lowest BCUT2D eigenvalue weighted by Crippen LogP contribution is -2.15. The standard InChI is InChI=1S/C20H16F3N3O/c21-14-3-1-13(2-4-14)7-9-24-16-8-10-25-19(12-16)20(27)26-18-6-5-15(22)11-17(18)23/h1-6,8,10-12H,7,9H2,(H,24,25)(H,26,27). The van der Waals surface area contributed by atoms with Gasteiger partial charge in [0, 0.05) is 24.5 Å². The zero-order valence-electron chi connectivity index (χ0n) is 14.2. The molecule has 2 N–H and O–H groups in total. The number of nitrogens with one attached hydrogen (secondary N) is 2. The van der Waals surface area contributed by atoms with Crippen LogP contribution in [0.25, 0.3) is 0 Å². The lowest BCUT2D eigenvalue weighted by Gasteiger charge is -2.09. The maximum absolute atomic E-state index is 13.6. The molecule has 1 amide bonds. The van der Waals surface area contributed by atoms with Crippen molar-refractivity contribution in [3.05, 3.63) is 89.5 Å². The highest BCUT2D eigenvalue weighted by Crippen LogP contribution is 2.16. The fourth-order valence-corrected chi connectivity index (χ4v) is 2.44. The van der Waals surface area contributed by atoms with Crippen LogP contribution in [0.4, 0.5) is 24.5 Å². The number of rotatable bonds is 6. The Morgan fingerprint density at radius 3 is 2.41 bits per heavy atom. The third-order valence-corrected chi connectivity index (χ3v) is 3.83. The topological polar surface area (TPSA) is 54.0 Å². The van der Waals surface area contributed by atoms with Crippen LogP contribution in [0.5, 0.6) is 0 Å². The molecule has 2 aromatic carbocycles. The van der Waals surface area contributed by atoms with Gasteiger partial charge in [0.2, 0.25) is 0 Å². The lowest BCUT2D eigenvalue weighted by atomic mass is 10.1. The summed E-state index contributed by atoms with van der Waals surface area (Å²) >= 11 is 0. The maximum Gasteiger partial charge on any atom is 0.274 e. The van der Waals surface area contributed by atoms with E-state index in [1.165, 1.54) is 24.4 Å². The minimum Gasteiger partial charge on any atom is -0.385 e. The zero-order valence-corrected chi connectivity index (χ0v) is 14.2. The Morgan fingerprint density at radius 2 is 1.67 bits per heavy atom. The molecule has 0 aliphatic rings. The number of hydrogen-bond acceptors (Lipinski definition) is 3. The molecular formula is C20H16F3N3O. The highest BCUT2D eigenvalue weighted by Gasteiger charge is 2.12. The third-order valence-electron chi connectivity index (χ3n) is 3.83. The van der Waals surface area contributed by atoms with Crippen molar-refractivity contribution in [2.24, 2.45) is 0 Å². The number of benzene rings is 2. The molecule has 4 nitrogen and oxygen atoms in total. The Bertz CT molecular complexity index is 945. The van der Waals surface area contributed by atoms with Crippen LogP contribution in [-0.2, 0) is 6.42 Å². The first-order valence-electron chi connectivity index (χ1n) is 8.22. The van der Waals surface area contributed by atoms with Gasteiger partial charge in [0.1, 0.15) is 23.1 Å². The summed E-state index contributed by atoms with van der Waals surface area (Å²) < 4.78 is 39.5. The number of carbonyl (C=O) groups excluding carboxylic acids is 1. The highest BCUT2D eigenvalue weighted by atomic mass is 19.1. The third kappa shape index (κ3) is 5.07. The number of hydrogen-bond donors (Lipinski definition) is 2. The van der Waals surface area contributed by atoms with Gasteiger partial charge >= 0.3 is 0 Å². The normalized spacial score (nSPS) is 10.5. The van der Waals surface area contributed by atoms with Crippen molar-refractivity contribution in [2.75, 3.05) is 17.2 Å². The molecule has 0 aliphatic heterocycles. The Balaban J connectivity index is 1.60. The molecule has 3 aromatic rings. The van der Waals surface area contributed by atoms with Crippen molar-refractivity contribution >= 4 is 17.3 Å². The molecule has 0 atom stereocenters. The summed E-state index contributed by atoms with van der Waals surface area (Å²) in [6.45, 7) is 0.573. The largest absolute Gasteiger partial charge is 0.385 e. The van der Waals surface area contributed by atoms with Gasteiger partial charge in [-0.2, -0.15) is 0 Å². The zero-order chi connectivity index (χ0) is 19.2. The average molecular weight is 371 g/mol. The van der Waals surface area contributed by atoms with Gasteiger partial charge < -0.3 is 10.6 Å². The second kappa shape index (κ2) is 8.35. The van der Waals surface area contributed by atoms with E-state index in [-0.39, 0.29) is 17.2 Å². The van der Waals surface area contributed by atoms with Crippen molar-refractivity contribution in [3.63, 3.8) is 0 Å². The highest BCUT2D eigenvalue weighted by molar-refractivity contribution is 6.03. The van der Waals surface area contributed by atoms with E-state index in [0.29, 0.717) is 24.7 Å². The molecule has 0 saturated carbocycles. The summed E-state index contributed by atoms with van der Waals surface area (Å²) in [6, 6.07) is 12.3. The predicted molar refractivity (Wildman–Crippen MR) is 97.1 cm³/mol. The number of pyridine rings is 1. The molecule has 7 heteroatoms. The van der Waals surface area contributed by atoms with Gasteiger partial charge in [0.05, 0.1) is 5.69 Å². The number of anilines is 2. The maximum atomic E-state index is 13.6. The van der Waals surface area contributed by atoms with Crippen LogP contribution < -0.4 is 10.6 Å². The molecule has 0 unspecified atom stereocenters. The van der Waals surface area contributed by atoms with Crippen LogP contribution in [0.2, 0.25) is 0 Å². The number of amides is 1. The molecule has 0 bridgehead atoms. The number of carbonyl (C=O) groups is 1.